The molecule has 1 aromatic carbocycles. The van der Waals surface area contributed by atoms with Gasteiger partial charge in [0.05, 0.1) is 31.5 Å². The molecule has 0 aliphatic heterocycles. The van der Waals surface area contributed by atoms with Gasteiger partial charge >= 0.3 is 5.97 Å². The normalized spacial score (nSPS) is 12.0. The summed E-state index contributed by atoms with van der Waals surface area (Å²) in [4.78, 5) is 12.3. The molecule has 0 amide bonds. The SMILES string of the molecule is CC.COc1ccc(C(CC(=O)OC(C)(C)C)c2cc(CO)[nH]n2)cc1F. The van der Waals surface area contributed by atoms with Crippen molar-refractivity contribution in [2.45, 2.75) is 59.2 Å². The lowest BCUT2D eigenvalue weighted by atomic mass is 9.92. The number of methoxy groups -OCH3 is 1. The first kappa shape index (κ1) is 22.6. The van der Waals surface area contributed by atoms with E-state index in [-0.39, 0.29) is 18.8 Å². The Balaban J connectivity index is 0.00000176. The first-order chi connectivity index (χ1) is 12.7. The van der Waals surface area contributed by atoms with Gasteiger partial charge in [0.1, 0.15) is 5.60 Å². The summed E-state index contributed by atoms with van der Waals surface area (Å²) in [5.74, 6) is -1.32. The standard InChI is InChI=1S/C18H23FN2O4.C2H6/c1-18(2,3)25-17(23)9-13(15-8-12(10-22)20-21-15)11-5-6-16(24-4)14(19)7-11;1-2/h5-8,13,22H,9-10H2,1-4H3,(H,20,21);1-2H3. The monoisotopic (exact) mass is 380 g/mol. The molecule has 1 heterocycles. The van der Waals surface area contributed by atoms with Gasteiger partial charge in [-0.15, -0.1) is 0 Å². The van der Waals surface area contributed by atoms with Crippen molar-refractivity contribution in [1.82, 2.24) is 10.2 Å². The molecular weight excluding hydrogens is 351 g/mol. The average molecular weight is 380 g/mol. The lowest BCUT2D eigenvalue weighted by Gasteiger charge is -2.22. The smallest absolute Gasteiger partial charge is 0.307 e. The molecule has 0 radical (unpaired) electrons. The Hall–Kier alpha value is -2.41. The third-order valence-electron chi connectivity index (χ3n) is 3.55. The molecule has 0 fully saturated rings. The van der Waals surface area contributed by atoms with E-state index in [2.05, 4.69) is 10.2 Å². The summed E-state index contributed by atoms with van der Waals surface area (Å²) in [6.07, 6.45) is -0.00123. The molecule has 6 nitrogen and oxygen atoms in total. The summed E-state index contributed by atoms with van der Waals surface area (Å²) in [5.41, 5.74) is 0.993. The third-order valence-corrected chi connectivity index (χ3v) is 3.55. The van der Waals surface area contributed by atoms with Crippen LogP contribution in [0.15, 0.2) is 24.3 Å². The maximum atomic E-state index is 14.1. The van der Waals surface area contributed by atoms with Gasteiger partial charge in [-0.25, -0.2) is 4.39 Å². The quantitative estimate of drug-likeness (QED) is 0.742. The number of aromatic amines is 1. The van der Waals surface area contributed by atoms with Crippen molar-refractivity contribution in [1.29, 1.82) is 0 Å². The minimum absolute atomic E-state index is 0.00123. The van der Waals surface area contributed by atoms with Gasteiger partial charge in [0.15, 0.2) is 11.6 Å². The Morgan fingerprint density at radius 2 is 1.96 bits per heavy atom. The molecule has 0 spiro atoms. The second-order valence-electron chi connectivity index (χ2n) is 6.71. The highest BCUT2D eigenvalue weighted by atomic mass is 19.1. The molecule has 1 unspecified atom stereocenters. The second-order valence-corrected chi connectivity index (χ2v) is 6.71. The lowest BCUT2D eigenvalue weighted by Crippen LogP contribution is -2.25. The molecule has 1 atom stereocenters. The fraction of sp³-hybridized carbons (Fsp3) is 0.500. The molecule has 150 valence electrons. The molecule has 1 aromatic heterocycles. The van der Waals surface area contributed by atoms with Crippen LogP contribution in [0.4, 0.5) is 4.39 Å². The van der Waals surface area contributed by atoms with Crippen molar-refractivity contribution in [3.05, 3.63) is 47.0 Å². The van der Waals surface area contributed by atoms with Crippen LogP contribution in [0.5, 0.6) is 5.75 Å². The van der Waals surface area contributed by atoms with Crippen LogP contribution in [0.2, 0.25) is 0 Å². The zero-order valence-corrected chi connectivity index (χ0v) is 16.8. The molecule has 27 heavy (non-hydrogen) atoms. The Bertz CT molecular complexity index is 738. The zero-order chi connectivity index (χ0) is 20.6. The van der Waals surface area contributed by atoms with Crippen molar-refractivity contribution in [3.63, 3.8) is 0 Å². The zero-order valence-electron chi connectivity index (χ0n) is 16.8. The Morgan fingerprint density at radius 1 is 1.30 bits per heavy atom. The van der Waals surface area contributed by atoms with E-state index in [9.17, 15) is 14.3 Å². The van der Waals surface area contributed by atoms with Crippen molar-refractivity contribution in [2.24, 2.45) is 0 Å². The summed E-state index contributed by atoms with van der Waals surface area (Å²) in [6, 6.07) is 6.16. The van der Waals surface area contributed by atoms with Gasteiger partial charge in [-0.05, 0) is 44.5 Å². The highest BCUT2D eigenvalue weighted by Gasteiger charge is 2.25. The number of nitrogens with one attached hydrogen (secondary N) is 1. The number of carbonyl (C=O) groups is 1. The van der Waals surface area contributed by atoms with E-state index in [1.54, 1.807) is 32.9 Å². The van der Waals surface area contributed by atoms with E-state index in [1.807, 2.05) is 13.8 Å². The van der Waals surface area contributed by atoms with Crippen LogP contribution in [0.1, 0.15) is 63.9 Å². The number of hydrogen-bond donors (Lipinski definition) is 2. The van der Waals surface area contributed by atoms with Gasteiger partial charge in [0, 0.05) is 5.92 Å². The minimum atomic E-state index is -0.616. The summed E-state index contributed by atoms with van der Waals surface area (Å²) < 4.78 is 24.4. The van der Waals surface area contributed by atoms with E-state index >= 15 is 0 Å². The van der Waals surface area contributed by atoms with Crippen LogP contribution in [0.3, 0.4) is 0 Å². The van der Waals surface area contributed by atoms with Gasteiger partial charge in [0.25, 0.3) is 0 Å². The summed E-state index contributed by atoms with van der Waals surface area (Å²) in [5, 5.41) is 16.0. The predicted molar refractivity (Wildman–Crippen MR) is 101 cm³/mol. The molecular formula is C20H29FN2O4. The number of hydrogen-bond acceptors (Lipinski definition) is 5. The molecule has 0 aliphatic carbocycles. The number of benzene rings is 1. The molecule has 7 heteroatoms. The highest BCUT2D eigenvalue weighted by molar-refractivity contribution is 5.71. The molecule has 0 bridgehead atoms. The molecule has 0 saturated heterocycles. The minimum Gasteiger partial charge on any atom is -0.494 e. The first-order valence-corrected chi connectivity index (χ1v) is 8.94. The number of H-pyrrole nitrogens is 1. The molecule has 0 saturated carbocycles. The fourth-order valence-corrected chi connectivity index (χ4v) is 2.48. The number of carbonyl (C=O) groups excluding carboxylic acids is 1. The van der Waals surface area contributed by atoms with E-state index in [1.165, 1.54) is 19.2 Å². The van der Waals surface area contributed by atoms with Gasteiger partial charge in [-0.2, -0.15) is 5.10 Å². The third kappa shape index (κ3) is 6.67. The Kier molecular flexibility index (Phi) is 8.43. The van der Waals surface area contributed by atoms with Crippen LogP contribution in [-0.4, -0.2) is 34.0 Å². The van der Waals surface area contributed by atoms with Crippen molar-refractivity contribution < 1.29 is 23.8 Å². The number of ether oxygens (including phenoxy) is 2. The average Bonchev–Trinajstić information content (AvgIpc) is 3.08. The van der Waals surface area contributed by atoms with E-state index in [0.717, 1.165) is 0 Å². The van der Waals surface area contributed by atoms with Crippen LogP contribution in [0.25, 0.3) is 0 Å². The van der Waals surface area contributed by atoms with E-state index in [0.29, 0.717) is 17.0 Å². The summed E-state index contributed by atoms with van der Waals surface area (Å²) in [7, 11) is 1.39. The Labute approximate surface area is 159 Å². The lowest BCUT2D eigenvalue weighted by molar-refractivity contribution is -0.155. The summed E-state index contributed by atoms with van der Waals surface area (Å²) >= 11 is 0. The van der Waals surface area contributed by atoms with Gasteiger partial charge < -0.3 is 14.6 Å². The van der Waals surface area contributed by atoms with Crippen LogP contribution >= 0.6 is 0 Å². The first-order valence-electron chi connectivity index (χ1n) is 8.94. The van der Waals surface area contributed by atoms with Crippen molar-refractivity contribution in [3.8, 4) is 5.75 Å². The molecule has 2 N–H and O–H groups in total. The topological polar surface area (TPSA) is 84.4 Å². The number of rotatable bonds is 6. The number of nitrogens with zero attached hydrogens (tertiary/aromatic N) is 1. The number of aliphatic hydroxyl groups is 1. The van der Waals surface area contributed by atoms with E-state index in [4.69, 9.17) is 9.47 Å². The number of aliphatic hydroxyl groups excluding tert-OH is 1. The van der Waals surface area contributed by atoms with Crippen LogP contribution in [-0.2, 0) is 16.1 Å². The largest absolute Gasteiger partial charge is 0.494 e. The highest BCUT2D eigenvalue weighted by Crippen LogP contribution is 2.31. The second kappa shape index (κ2) is 10.1. The maximum Gasteiger partial charge on any atom is 0.307 e. The maximum absolute atomic E-state index is 14.1. The van der Waals surface area contributed by atoms with Gasteiger partial charge in [-0.1, -0.05) is 19.9 Å². The van der Waals surface area contributed by atoms with Crippen LogP contribution in [0, 0.1) is 5.82 Å². The molecule has 0 aliphatic rings. The van der Waals surface area contributed by atoms with Gasteiger partial charge in [-0.3, -0.25) is 9.89 Å². The fourth-order valence-electron chi connectivity index (χ4n) is 2.48. The van der Waals surface area contributed by atoms with Crippen molar-refractivity contribution in [2.75, 3.05) is 7.11 Å². The number of halogens is 1. The van der Waals surface area contributed by atoms with E-state index < -0.39 is 23.3 Å². The molecule has 2 rings (SSSR count). The summed E-state index contributed by atoms with van der Waals surface area (Å²) in [6.45, 7) is 9.14. The molecule has 2 aromatic rings. The Morgan fingerprint density at radius 3 is 2.44 bits per heavy atom. The predicted octanol–water partition coefficient (Wildman–Crippen LogP) is 3.94. The van der Waals surface area contributed by atoms with Gasteiger partial charge in [0.2, 0.25) is 0 Å². The van der Waals surface area contributed by atoms with Crippen LogP contribution < -0.4 is 4.74 Å². The van der Waals surface area contributed by atoms with Crippen molar-refractivity contribution >= 4 is 5.97 Å². The number of esters is 1. The number of aromatic nitrogens is 2.